The summed E-state index contributed by atoms with van der Waals surface area (Å²) in [5, 5.41) is 15.1. The van der Waals surface area contributed by atoms with E-state index < -0.39 is 5.63 Å². The third-order valence-electron chi connectivity index (χ3n) is 5.90. The second-order valence-electron chi connectivity index (χ2n) is 8.35. The summed E-state index contributed by atoms with van der Waals surface area (Å²) in [7, 11) is 3.09. The first-order chi connectivity index (χ1) is 16.9. The van der Waals surface area contributed by atoms with E-state index >= 15 is 0 Å². The molecule has 0 spiro atoms. The SMILES string of the molecule is CCCCCc1cc(O)c2c(C)c(CCC(=O)N/N=C/c3ccc(OC)c(OC)c3)c(=O)oc2c1. The molecular weight excluding hydrogens is 448 g/mol. The molecule has 0 aliphatic heterocycles. The minimum Gasteiger partial charge on any atom is -0.507 e. The predicted octanol–water partition coefficient (Wildman–Crippen LogP) is 4.64. The van der Waals surface area contributed by atoms with Gasteiger partial charge in [-0.3, -0.25) is 4.79 Å². The number of unbranched alkanes of at least 4 members (excludes halogenated alkanes) is 2. The number of nitrogens with one attached hydrogen (secondary N) is 1. The molecule has 0 saturated carbocycles. The standard InChI is InChI=1S/C27H32N2O6/c1-5-6-7-8-18-13-21(30)26-17(2)20(27(32)35-24(26)14-18)10-12-25(31)29-28-16-19-9-11-22(33-3)23(15-19)34-4/h9,11,13-16,30H,5-8,10,12H2,1-4H3,(H,29,31)/b28-16+. The van der Waals surface area contributed by atoms with Crippen LogP contribution in [0.1, 0.15) is 54.9 Å². The first-order valence-electron chi connectivity index (χ1n) is 11.7. The number of fused-ring (bicyclic) bond motifs is 1. The summed E-state index contributed by atoms with van der Waals surface area (Å²) in [6, 6.07) is 8.80. The zero-order valence-corrected chi connectivity index (χ0v) is 20.6. The Balaban J connectivity index is 1.67. The number of aromatic hydroxyl groups is 1. The molecule has 3 rings (SSSR count). The maximum Gasteiger partial charge on any atom is 0.339 e. The van der Waals surface area contributed by atoms with Gasteiger partial charge in [-0.15, -0.1) is 0 Å². The summed E-state index contributed by atoms with van der Waals surface area (Å²) in [5.41, 5.74) is 4.98. The summed E-state index contributed by atoms with van der Waals surface area (Å²) in [4.78, 5) is 24.9. The molecule has 0 atom stereocenters. The highest BCUT2D eigenvalue weighted by molar-refractivity contribution is 5.88. The van der Waals surface area contributed by atoms with Crippen LogP contribution < -0.4 is 20.5 Å². The number of phenolic OH excluding ortho intramolecular Hbond substituents is 1. The van der Waals surface area contributed by atoms with E-state index in [1.54, 1.807) is 38.3 Å². The molecule has 2 N–H and O–H groups in total. The lowest BCUT2D eigenvalue weighted by molar-refractivity contribution is -0.121. The second kappa shape index (κ2) is 12.1. The molecule has 1 heterocycles. The number of hydrazone groups is 1. The van der Waals surface area contributed by atoms with Crippen LogP contribution in [0.5, 0.6) is 17.2 Å². The van der Waals surface area contributed by atoms with Crippen LogP contribution in [-0.2, 0) is 17.6 Å². The highest BCUT2D eigenvalue weighted by Crippen LogP contribution is 2.31. The van der Waals surface area contributed by atoms with E-state index in [0.29, 0.717) is 33.6 Å². The average molecular weight is 481 g/mol. The molecule has 3 aromatic rings. The highest BCUT2D eigenvalue weighted by atomic mass is 16.5. The molecule has 0 aliphatic rings. The smallest absolute Gasteiger partial charge is 0.339 e. The fourth-order valence-electron chi connectivity index (χ4n) is 4.00. The predicted molar refractivity (Wildman–Crippen MR) is 136 cm³/mol. The van der Waals surface area contributed by atoms with Gasteiger partial charge in [0.15, 0.2) is 11.5 Å². The molecule has 0 saturated heterocycles. The van der Waals surface area contributed by atoms with Crippen molar-refractivity contribution < 1.29 is 23.8 Å². The van der Waals surface area contributed by atoms with Gasteiger partial charge >= 0.3 is 5.63 Å². The van der Waals surface area contributed by atoms with Crippen molar-refractivity contribution in [3.63, 3.8) is 0 Å². The number of rotatable bonds is 11. The first-order valence-corrected chi connectivity index (χ1v) is 11.7. The summed E-state index contributed by atoms with van der Waals surface area (Å²) < 4.78 is 16.0. The minimum absolute atomic E-state index is 0.0379. The van der Waals surface area contributed by atoms with Crippen LogP contribution in [0.4, 0.5) is 0 Å². The van der Waals surface area contributed by atoms with E-state index in [1.165, 1.54) is 13.3 Å². The van der Waals surface area contributed by atoms with Gasteiger partial charge in [0.05, 0.1) is 25.8 Å². The van der Waals surface area contributed by atoms with Crippen LogP contribution in [0.15, 0.2) is 44.6 Å². The van der Waals surface area contributed by atoms with Crippen molar-refractivity contribution in [2.24, 2.45) is 5.10 Å². The maximum absolute atomic E-state index is 12.6. The number of amides is 1. The van der Waals surface area contributed by atoms with Gasteiger partial charge in [-0.25, -0.2) is 10.2 Å². The maximum atomic E-state index is 12.6. The monoisotopic (exact) mass is 480 g/mol. The third kappa shape index (κ3) is 6.41. The van der Waals surface area contributed by atoms with Gasteiger partial charge in [-0.1, -0.05) is 19.8 Å². The van der Waals surface area contributed by atoms with Crippen LogP contribution in [0.2, 0.25) is 0 Å². The van der Waals surface area contributed by atoms with Crippen molar-refractivity contribution in [3.8, 4) is 17.2 Å². The fraction of sp³-hybridized carbons (Fsp3) is 0.370. The lowest BCUT2D eigenvalue weighted by atomic mass is 9.99. The molecule has 35 heavy (non-hydrogen) atoms. The van der Waals surface area contributed by atoms with Crippen molar-refractivity contribution >= 4 is 23.1 Å². The number of ether oxygens (including phenoxy) is 2. The molecule has 8 heteroatoms. The number of methoxy groups -OCH3 is 2. The number of carbonyl (C=O) groups excluding carboxylic acids is 1. The van der Waals surface area contributed by atoms with Crippen molar-refractivity contribution in [3.05, 3.63) is 63.0 Å². The Bertz CT molecular complexity index is 1280. The Morgan fingerprint density at radius 3 is 2.60 bits per heavy atom. The zero-order valence-electron chi connectivity index (χ0n) is 20.6. The number of hydrogen-bond acceptors (Lipinski definition) is 7. The average Bonchev–Trinajstić information content (AvgIpc) is 2.83. The molecule has 186 valence electrons. The molecular formula is C27H32N2O6. The van der Waals surface area contributed by atoms with Crippen LogP contribution >= 0.6 is 0 Å². The van der Waals surface area contributed by atoms with Gasteiger partial charge in [0.2, 0.25) is 5.91 Å². The topological polar surface area (TPSA) is 110 Å². The van der Waals surface area contributed by atoms with Crippen molar-refractivity contribution in [2.75, 3.05) is 14.2 Å². The number of aryl methyl sites for hydroxylation is 2. The normalized spacial score (nSPS) is 11.2. The number of carbonyl (C=O) groups is 1. The number of benzene rings is 2. The van der Waals surface area contributed by atoms with E-state index in [0.717, 1.165) is 36.8 Å². The van der Waals surface area contributed by atoms with Crippen LogP contribution in [-0.4, -0.2) is 31.4 Å². The number of phenols is 1. The minimum atomic E-state index is -0.498. The molecule has 0 bridgehead atoms. The highest BCUT2D eigenvalue weighted by Gasteiger charge is 2.16. The molecule has 2 aromatic carbocycles. The van der Waals surface area contributed by atoms with Crippen molar-refractivity contribution in [2.45, 2.75) is 52.4 Å². The van der Waals surface area contributed by atoms with Crippen LogP contribution in [0, 0.1) is 6.92 Å². The summed E-state index contributed by atoms with van der Waals surface area (Å²) in [6.45, 7) is 3.89. The van der Waals surface area contributed by atoms with E-state index in [-0.39, 0.29) is 24.5 Å². The van der Waals surface area contributed by atoms with Gasteiger partial charge in [0, 0.05) is 12.0 Å². The molecule has 0 aliphatic carbocycles. The van der Waals surface area contributed by atoms with Crippen LogP contribution in [0.3, 0.4) is 0 Å². The number of nitrogens with zero attached hydrogens (tertiary/aromatic N) is 1. The molecule has 1 amide bonds. The van der Waals surface area contributed by atoms with E-state index in [4.69, 9.17) is 13.9 Å². The summed E-state index contributed by atoms with van der Waals surface area (Å²) in [5.74, 6) is 0.881. The quantitative estimate of drug-likeness (QED) is 0.179. The second-order valence-corrected chi connectivity index (χ2v) is 8.35. The Labute approximate surface area is 204 Å². The largest absolute Gasteiger partial charge is 0.507 e. The molecule has 1 aromatic heterocycles. The Kier molecular flexibility index (Phi) is 8.89. The van der Waals surface area contributed by atoms with Gasteiger partial charge < -0.3 is 19.0 Å². The Hall–Kier alpha value is -3.81. The van der Waals surface area contributed by atoms with Gasteiger partial charge in [0.1, 0.15) is 11.3 Å². The van der Waals surface area contributed by atoms with E-state index in [9.17, 15) is 14.7 Å². The van der Waals surface area contributed by atoms with Crippen molar-refractivity contribution in [1.82, 2.24) is 5.43 Å². The van der Waals surface area contributed by atoms with Gasteiger partial charge in [0.25, 0.3) is 0 Å². The molecule has 0 radical (unpaired) electrons. The van der Waals surface area contributed by atoms with Gasteiger partial charge in [-0.05, 0) is 73.2 Å². The van der Waals surface area contributed by atoms with E-state index in [2.05, 4.69) is 17.5 Å². The van der Waals surface area contributed by atoms with E-state index in [1.807, 2.05) is 6.07 Å². The van der Waals surface area contributed by atoms with Crippen molar-refractivity contribution in [1.29, 1.82) is 0 Å². The third-order valence-corrected chi connectivity index (χ3v) is 5.90. The molecule has 8 nitrogen and oxygen atoms in total. The summed E-state index contributed by atoms with van der Waals surface area (Å²) >= 11 is 0. The summed E-state index contributed by atoms with van der Waals surface area (Å²) in [6.07, 6.45) is 5.72. The zero-order chi connectivity index (χ0) is 25.4. The lowest BCUT2D eigenvalue weighted by Gasteiger charge is -2.11. The molecule has 0 fully saturated rings. The Morgan fingerprint density at radius 2 is 1.89 bits per heavy atom. The molecule has 0 unspecified atom stereocenters. The lowest BCUT2D eigenvalue weighted by Crippen LogP contribution is -2.20. The number of hydrogen-bond donors (Lipinski definition) is 2. The Morgan fingerprint density at radius 1 is 1.11 bits per heavy atom. The first kappa shape index (κ1) is 25.8. The van der Waals surface area contributed by atoms with Crippen LogP contribution in [0.25, 0.3) is 11.0 Å². The fourth-order valence-corrected chi connectivity index (χ4v) is 4.00. The van der Waals surface area contributed by atoms with Gasteiger partial charge in [-0.2, -0.15) is 5.10 Å².